The van der Waals surface area contributed by atoms with Gasteiger partial charge in [-0.1, -0.05) is 48.5 Å². The van der Waals surface area contributed by atoms with E-state index < -0.39 is 27.8 Å². The molecule has 22 heavy (non-hydrogen) atoms. The number of ketones is 1. The highest BCUT2D eigenvalue weighted by molar-refractivity contribution is 7.86. The number of carbonyl (C=O) groups is 1. The van der Waals surface area contributed by atoms with Crippen LogP contribution in [0.1, 0.15) is 25.5 Å². The van der Waals surface area contributed by atoms with Gasteiger partial charge in [-0.2, -0.15) is 0 Å². The second-order valence-electron chi connectivity index (χ2n) is 5.85. The van der Waals surface area contributed by atoms with Gasteiger partial charge in [-0.25, -0.2) is 0 Å². The summed E-state index contributed by atoms with van der Waals surface area (Å²) in [6.45, 7) is 3.49. The van der Waals surface area contributed by atoms with Gasteiger partial charge in [-0.05, 0) is 31.5 Å². The van der Waals surface area contributed by atoms with E-state index >= 15 is 0 Å². The maximum atomic E-state index is 12.9. The third kappa shape index (κ3) is 2.64. The Hall–Kier alpha value is -1.78. The number of Topliss-reactive ketones (excluding diaryl/α,β-unsaturated/α-hetero) is 1. The summed E-state index contributed by atoms with van der Waals surface area (Å²) in [6.07, 6.45) is -0.482. The zero-order chi connectivity index (χ0) is 15.7. The molecule has 1 unspecified atom stereocenters. The van der Waals surface area contributed by atoms with Gasteiger partial charge in [0, 0.05) is 4.90 Å². The monoisotopic (exact) mass is 314 g/mol. The lowest BCUT2D eigenvalue weighted by Crippen LogP contribution is -2.34. The Balaban J connectivity index is 2.02. The summed E-state index contributed by atoms with van der Waals surface area (Å²) in [5, 5.41) is -0.681. The molecule has 0 saturated carbocycles. The Kier molecular flexibility index (Phi) is 3.98. The second kappa shape index (κ2) is 5.78. The zero-order valence-electron chi connectivity index (χ0n) is 12.6. The van der Waals surface area contributed by atoms with Crippen molar-refractivity contribution in [2.75, 3.05) is 0 Å². The average Bonchev–Trinajstić information content (AvgIpc) is 2.79. The Morgan fingerprint density at radius 1 is 0.955 bits per heavy atom. The molecule has 2 aromatic rings. The molecule has 2 aromatic carbocycles. The lowest BCUT2D eigenvalue weighted by atomic mass is 10.0. The molecule has 3 rings (SSSR count). The molecule has 1 aliphatic rings. The maximum absolute atomic E-state index is 12.9. The molecule has 0 radical (unpaired) electrons. The van der Waals surface area contributed by atoms with Crippen molar-refractivity contribution in [2.45, 2.75) is 35.7 Å². The zero-order valence-corrected chi connectivity index (χ0v) is 13.4. The van der Waals surface area contributed by atoms with Crippen LogP contribution in [-0.2, 0) is 20.3 Å². The van der Waals surface area contributed by atoms with E-state index in [1.54, 1.807) is 26.0 Å². The van der Waals surface area contributed by atoms with Crippen molar-refractivity contribution in [3.8, 4) is 0 Å². The number of benzene rings is 2. The molecule has 0 aromatic heterocycles. The topological polar surface area (TPSA) is 43.4 Å². The maximum Gasteiger partial charge on any atom is 0.182 e. The molecule has 1 aliphatic heterocycles. The van der Waals surface area contributed by atoms with Gasteiger partial charge in [0.15, 0.2) is 5.78 Å². The van der Waals surface area contributed by atoms with Crippen molar-refractivity contribution in [1.29, 1.82) is 0 Å². The molecule has 1 heterocycles. The lowest BCUT2D eigenvalue weighted by molar-refractivity contribution is -0.129. The predicted octanol–water partition coefficient (Wildman–Crippen LogP) is 3.28. The van der Waals surface area contributed by atoms with E-state index in [-0.39, 0.29) is 5.78 Å². The first-order valence-corrected chi connectivity index (χ1v) is 8.45. The Morgan fingerprint density at radius 2 is 1.50 bits per heavy atom. The first-order chi connectivity index (χ1) is 10.5. The minimum atomic E-state index is -1.44. The van der Waals surface area contributed by atoms with Crippen LogP contribution >= 0.6 is 0 Å². The van der Waals surface area contributed by atoms with Gasteiger partial charge in [0.05, 0.1) is 10.8 Å². The minimum Gasteiger partial charge on any atom is -0.358 e. The summed E-state index contributed by atoms with van der Waals surface area (Å²) in [4.78, 5) is 13.4. The van der Waals surface area contributed by atoms with Crippen LogP contribution in [0.2, 0.25) is 0 Å². The van der Waals surface area contributed by atoms with Crippen molar-refractivity contribution in [2.24, 2.45) is 0 Å². The third-order valence-electron chi connectivity index (χ3n) is 3.88. The standard InChI is InChI=1S/C18H18O3S/c1-18(2)17(19)16(22(20)14-11-7-4-8-12-14)15(21-18)13-9-5-3-6-10-13/h3-12,15-16H,1-2H3/t15-,16-,22?/m1/s1. The average molecular weight is 314 g/mol. The van der Waals surface area contributed by atoms with E-state index in [1.165, 1.54) is 0 Å². The highest BCUT2D eigenvalue weighted by Crippen LogP contribution is 2.40. The number of ether oxygens (including phenoxy) is 1. The van der Waals surface area contributed by atoms with Crippen molar-refractivity contribution >= 4 is 16.6 Å². The molecule has 3 atom stereocenters. The van der Waals surface area contributed by atoms with Gasteiger partial charge in [0.2, 0.25) is 0 Å². The molecular formula is C18H18O3S. The van der Waals surface area contributed by atoms with Crippen LogP contribution in [0.4, 0.5) is 0 Å². The van der Waals surface area contributed by atoms with E-state index in [1.807, 2.05) is 48.5 Å². The van der Waals surface area contributed by atoms with E-state index in [2.05, 4.69) is 0 Å². The van der Waals surface area contributed by atoms with Crippen molar-refractivity contribution in [1.82, 2.24) is 0 Å². The van der Waals surface area contributed by atoms with E-state index in [9.17, 15) is 9.00 Å². The number of rotatable bonds is 3. The van der Waals surface area contributed by atoms with Crippen molar-refractivity contribution in [3.63, 3.8) is 0 Å². The first-order valence-electron chi connectivity index (χ1n) is 7.23. The van der Waals surface area contributed by atoms with E-state index in [0.29, 0.717) is 4.90 Å². The van der Waals surface area contributed by atoms with E-state index in [4.69, 9.17) is 4.74 Å². The van der Waals surface area contributed by atoms with Crippen LogP contribution in [0.25, 0.3) is 0 Å². The van der Waals surface area contributed by atoms with Crippen LogP contribution in [0.5, 0.6) is 0 Å². The lowest BCUT2D eigenvalue weighted by Gasteiger charge is -2.18. The normalized spacial score (nSPS) is 25.1. The van der Waals surface area contributed by atoms with Gasteiger partial charge in [-0.15, -0.1) is 0 Å². The van der Waals surface area contributed by atoms with Crippen LogP contribution in [0.3, 0.4) is 0 Å². The molecule has 0 spiro atoms. The second-order valence-corrected chi connectivity index (χ2v) is 7.43. The largest absolute Gasteiger partial charge is 0.358 e. The molecule has 0 bridgehead atoms. The Labute approximate surface area is 132 Å². The Bertz CT molecular complexity index is 695. The molecule has 4 heteroatoms. The molecular weight excluding hydrogens is 296 g/mol. The van der Waals surface area contributed by atoms with Gasteiger partial charge >= 0.3 is 0 Å². The van der Waals surface area contributed by atoms with Crippen molar-refractivity contribution < 1.29 is 13.7 Å². The molecule has 1 saturated heterocycles. The fraction of sp³-hybridized carbons (Fsp3) is 0.278. The van der Waals surface area contributed by atoms with Crippen LogP contribution in [0, 0.1) is 0 Å². The molecule has 3 nitrogen and oxygen atoms in total. The van der Waals surface area contributed by atoms with Gasteiger partial charge in [0.1, 0.15) is 17.0 Å². The van der Waals surface area contributed by atoms with Crippen molar-refractivity contribution in [3.05, 3.63) is 66.2 Å². The smallest absolute Gasteiger partial charge is 0.182 e. The fourth-order valence-corrected chi connectivity index (χ4v) is 4.35. The number of carbonyl (C=O) groups excluding carboxylic acids is 1. The summed E-state index contributed by atoms with van der Waals surface area (Å²) in [7, 11) is -1.44. The molecule has 0 amide bonds. The summed E-state index contributed by atoms with van der Waals surface area (Å²) in [6, 6.07) is 18.6. The summed E-state index contributed by atoms with van der Waals surface area (Å²) in [5.41, 5.74) is -0.0361. The molecule has 1 fully saturated rings. The van der Waals surface area contributed by atoms with Crippen LogP contribution < -0.4 is 0 Å². The van der Waals surface area contributed by atoms with Crippen LogP contribution in [-0.4, -0.2) is 20.8 Å². The highest BCUT2D eigenvalue weighted by Gasteiger charge is 2.52. The summed E-state index contributed by atoms with van der Waals surface area (Å²) in [5.74, 6) is -0.108. The fourth-order valence-electron chi connectivity index (χ4n) is 2.71. The SMILES string of the molecule is CC1(C)O[C@H](c2ccccc2)[C@@H](S(=O)c2ccccc2)C1=O. The first kappa shape index (κ1) is 15.1. The summed E-state index contributed by atoms with van der Waals surface area (Å²) < 4.78 is 18.9. The van der Waals surface area contributed by atoms with Crippen LogP contribution in [0.15, 0.2) is 65.6 Å². The third-order valence-corrected chi connectivity index (χ3v) is 5.54. The molecule has 0 N–H and O–H groups in total. The quantitative estimate of drug-likeness (QED) is 0.873. The summed E-state index contributed by atoms with van der Waals surface area (Å²) >= 11 is 0. The Morgan fingerprint density at radius 3 is 2.09 bits per heavy atom. The number of hydrogen-bond donors (Lipinski definition) is 0. The van der Waals surface area contributed by atoms with Gasteiger partial charge < -0.3 is 4.74 Å². The minimum absolute atomic E-state index is 0.108. The van der Waals surface area contributed by atoms with E-state index in [0.717, 1.165) is 5.56 Å². The van der Waals surface area contributed by atoms with Gasteiger partial charge in [0.25, 0.3) is 0 Å². The molecule has 0 aliphatic carbocycles. The van der Waals surface area contributed by atoms with Gasteiger partial charge in [-0.3, -0.25) is 9.00 Å². The molecule has 114 valence electrons. The number of hydrogen-bond acceptors (Lipinski definition) is 3. The predicted molar refractivity (Wildman–Crippen MR) is 86.0 cm³/mol. The highest BCUT2D eigenvalue weighted by atomic mass is 32.2.